The van der Waals surface area contributed by atoms with E-state index in [4.69, 9.17) is 4.42 Å². The van der Waals surface area contributed by atoms with Gasteiger partial charge in [0.05, 0.1) is 18.9 Å². The zero-order valence-electron chi connectivity index (χ0n) is 16.8. The van der Waals surface area contributed by atoms with E-state index in [1.54, 1.807) is 30.5 Å². The Morgan fingerprint density at radius 1 is 1.14 bits per heavy atom. The summed E-state index contributed by atoms with van der Waals surface area (Å²) in [6.45, 7) is 4.30. The number of oxazole rings is 1. The summed E-state index contributed by atoms with van der Waals surface area (Å²) in [4.78, 5) is 28.1. The summed E-state index contributed by atoms with van der Waals surface area (Å²) in [5.41, 5.74) is 3.14. The third-order valence-electron chi connectivity index (χ3n) is 4.55. The number of methoxy groups -OCH3 is 1. The summed E-state index contributed by atoms with van der Waals surface area (Å²) in [6.07, 6.45) is 2.28. The molecule has 0 atom stereocenters. The van der Waals surface area contributed by atoms with E-state index < -0.39 is 5.97 Å². The van der Waals surface area contributed by atoms with Crippen LogP contribution < -0.4 is 5.32 Å². The van der Waals surface area contributed by atoms with Crippen LogP contribution in [0.1, 0.15) is 48.0 Å². The van der Waals surface area contributed by atoms with Gasteiger partial charge in [-0.15, -0.1) is 0 Å². The monoisotopic (exact) mass is 392 g/mol. The molecule has 0 unspecified atom stereocenters. The fraction of sp³-hybridized carbons (Fsp3) is 0.261. The van der Waals surface area contributed by atoms with Crippen LogP contribution in [0.5, 0.6) is 0 Å². The van der Waals surface area contributed by atoms with Gasteiger partial charge in [0.25, 0.3) is 0 Å². The number of aromatic nitrogens is 1. The first-order valence-corrected chi connectivity index (χ1v) is 9.49. The number of esters is 1. The maximum atomic E-state index is 12.2. The largest absolute Gasteiger partial charge is 0.465 e. The van der Waals surface area contributed by atoms with Crippen molar-refractivity contribution in [3.05, 3.63) is 71.7 Å². The highest BCUT2D eigenvalue weighted by Gasteiger charge is 2.11. The number of amides is 1. The molecule has 1 amide bonds. The number of anilines is 1. The molecule has 0 fully saturated rings. The Morgan fingerprint density at radius 2 is 1.90 bits per heavy atom. The second-order valence-corrected chi connectivity index (χ2v) is 7.02. The van der Waals surface area contributed by atoms with Crippen LogP contribution in [0, 0.1) is 0 Å². The highest BCUT2D eigenvalue weighted by Crippen LogP contribution is 2.24. The van der Waals surface area contributed by atoms with E-state index in [0.29, 0.717) is 35.2 Å². The van der Waals surface area contributed by atoms with Gasteiger partial charge in [0, 0.05) is 24.1 Å². The number of hydrogen-bond acceptors (Lipinski definition) is 5. The number of nitrogens with zero attached hydrogens (tertiary/aromatic N) is 1. The Kier molecular flexibility index (Phi) is 6.44. The molecule has 0 aliphatic rings. The average Bonchev–Trinajstić information content (AvgIpc) is 3.21. The van der Waals surface area contributed by atoms with Gasteiger partial charge in [-0.05, 0) is 29.7 Å². The van der Waals surface area contributed by atoms with E-state index in [1.165, 1.54) is 12.7 Å². The third-order valence-corrected chi connectivity index (χ3v) is 4.55. The highest BCUT2D eigenvalue weighted by molar-refractivity contribution is 5.94. The minimum Gasteiger partial charge on any atom is -0.465 e. The van der Waals surface area contributed by atoms with Crippen LogP contribution in [0.2, 0.25) is 0 Å². The normalized spacial score (nSPS) is 10.8. The van der Waals surface area contributed by atoms with E-state index in [9.17, 15) is 9.59 Å². The van der Waals surface area contributed by atoms with Gasteiger partial charge in [0.2, 0.25) is 5.91 Å². The molecule has 3 aromatic rings. The molecule has 0 bridgehead atoms. The number of ether oxygens (including phenoxy) is 1. The smallest absolute Gasteiger partial charge is 0.337 e. The lowest BCUT2D eigenvalue weighted by atomic mass is 10.0. The lowest BCUT2D eigenvalue weighted by molar-refractivity contribution is -0.116. The SMILES string of the molecule is COC(=O)c1cccc(NC(=O)CCc2ncc(-c3ccc(C(C)C)cc3)o2)c1. The molecule has 0 aliphatic heterocycles. The van der Waals surface area contributed by atoms with Crippen LogP contribution in [-0.2, 0) is 16.0 Å². The van der Waals surface area contributed by atoms with Crippen molar-refractivity contribution >= 4 is 17.6 Å². The van der Waals surface area contributed by atoms with Crippen LogP contribution in [0.4, 0.5) is 5.69 Å². The van der Waals surface area contributed by atoms with Crippen molar-refractivity contribution in [3.8, 4) is 11.3 Å². The quantitative estimate of drug-likeness (QED) is 0.583. The maximum Gasteiger partial charge on any atom is 0.337 e. The number of rotatable bonds is 7. The molecule has 1 heterocycles. The van der Waals surface area contributed by atoms with Crippen LogP contribution in [0.25, 0.3) is 11.3 Å². The number of carbonyl (C=O) groups is 2. The van der Waals surface area contributed by atoms with Gasteiger partial charge in [-0.1, -0.05) is 44.2 Å². The van der Waals surface area contributed by atoms with Crippen molar-refractivity contribution in [2.24, 2.45) is 0 Å². The Hall–Kier alpha value is -3.41. The standard InChI is InChI=1S/C23H24N2O4/c1-15(2)16-7-9-17(10-8-16)20-14-24-22(29-20)12-11-21(26)25-19-6-4-5-18(13-19)23(27)28-3/h4-10,13-15H,11-12H2,1-3H3,(H,25,26). The summed E-state index contributed by atoms with van der Waals surface area (Å²) in [5, 5.41) is 2.77. The van der Waals surface area contributed by atoms with Gasteiger partial charge in [-0.2, -0.15) is 0 Å². The summed E-state index contributed by atoms with van der Waals surface area (Å²) in [5.74, 6) is 1.02. The van der Waals surface area contributed by atoms with Gasteiger partial charge >= 0.3 is 5.97 Å². The number of carbonyl (C=O) groups excluding carboxylic acids is 2. The number of nitrogens with one attached hydrogen (secondary N) is 1. The van der Waals surface area contributed by atoms with Gasteiger partial charge in [0.15, 0.2) is 11.7 Å². The van der Waals surface area contributed by atoms with Crippen molar-refractivity contribution in [2.45, 2.75) is 32.6 Å². The zero-order chi connectivity index (χ0) is 20.8. The van der Waals surface area contributed by atoms with Crippen molar-refractivity contribution in [3.63, 3.8) is 0 Å². The second kappa shape index (κ2) is 9.19. The molecule has 0 saturated heterocycles. The van der Waals surface area contributed by atoms with Gasteiger partial charge < -0.3 is 14.5 Å². The first-order valence-electron chi connectivity index (χ1n) is 9.49. The molecular formula is C23H24N2O4. The number of aryl methyl sites for hydroxylation is 1. The van der Waals surface area contributed by atoms with Gasteiger partial charge in [-0.3, -0.25) is 4.79 Å². The number of benzene rings is 2. The molecule has 0 radical (unpaired) electrons. The molecule has 29 heavy (non-hydrogen) atoms. The lowest BCUT2D eigenvalue weighted by Gasteiger charge is -2.06. The molecule has 6 nitrogen and oxygen atoms in total. The van der Waals surface area contributed by atoms with E-state index in [-0.39, 0.29) is 12.3 Å². The third kappa shape index (κ3) is 5.31. The number of hydrogen-bond donors (Lipinski definition) is 1. The summed E-state index contributed by atoms with van der Waals surface area (Å²) < 4.78 is 10.5. The van der Waals surface area contributed by atoms with Crippen molar-refractivity contribution in [2.75, 3.05) is 12.4 Å². The van der Waals surface area contributed by atoms with E-state index in [2.05, 4.69) is 41.0 Å². The fourth-order valence-electron chi connectivity index (χ4n) is 2.88. The van der Waals surface area contributed by atoms with Crippen LogP contribution in [0.15, 0.2) is 59.1 Å². The second-order valence-electron chi connectivity index (χ2n) is 7.02. The topological polar surface area (TPSA) is 81.4 Å². The molecule has 0 saturated carbocycles. The summed E-state index contributed by atoms with van der Waals surface area (Å²) >= 11 is 0. The van der Waals surface area contributed by atoms with Crippen molar-refractivity contribution in [1.82, 2.24) is 4.98 Å². The van der Waals surface area contributed by atoms with Gasteiger partial charge in [-0.25, -0.2) is 9.78 Å². The molecule has 0 aliphatic carbocycles. The molecular weight excluding hydrogens is 368 g/mol. The first-order chi connectivity index (χ1) is 14.0. The molecule has 150 valence electrons. The average molecular weight is 392 g/mol. The maximum absolute atomic E-state index is 12.2. The van der Waals surface area contributed by atoms with E-state index in [0.717, 1.165) is 5.56 Å². The van der Waals surface area contributed by atoms with E-state index in [1.807, 2.05) is 12.1 Å². The van der Waals surface area contributed by atoms with Crippen LogP contribution in [0.3, 0.4) is 0 Å². The highest BCUT2D eigenvalue weighted by atomic mass is 16.5. The molecule has 0 spiro atoms. The first kappa shape index (κ1) is 20.3. The summed E-state index contributed by atoms with van der Waals surface area (Å²) in [7, 11) is 1.32. The Balaban J connectivity index is 1.57. The minimum atomic E-state index is -0.449. The molecule has 1 aromatic heterocycles. The Labute approximate surface area is 169 Å². The zero-order valence-corrected chi connectivity index (χ0v) is 16.8. The van der Waals surface area contributed by atoms with Crippen molar-refractivity contribution < 1.29 is 18.7 Å². The fourth-order valence-corrected chi connectivity index (χ4v) is 2.88. The van der Waals surface area contributed by atoms with Crippen LogP contribution in [-0.4, -0.2) is 24.0 Å². The lowest BCUT2D eigenvalue weighted by Crippen LogP contribution is -2.13. The predicted molar refractivity (Wildman–Crippen MR) is 111 cm³/mol. The van der Waals surface area contributed by atoms with Crippen LogP contribution >= 0.6 is 0 Å². The van der Waals surface area contributed by atoms with Crippen molar-refractivity contribution in [1.29, 1.82) is 0 Å². The molecule has 1 N–H and O–H groups in total. The molecule has 2 aromatic carbocycles. The van der Waals surface area contributed by atoms with E-state index >= 15 is 0 Å². The minimum absolute atomic E-state index is 0.187. The Morgan fingerprint density at radius 3 is 2.59 bits per heavy atom. The predicted octanol–water partition coefficient (Wildman–Crippen LogP) is 4.82. The summed E-state index contributed by atoms with van der Waals surface area (Å²) in [6, 6.07) is 14.8. The Bertz CT molecular complexity index is 990. The molecule has 6 heteroatoms. The molecule has 3 rings (SSSR count). The van der Waals surface area contributed by atoms with Gasteiger partial charge in [0.1, 0.15) is 0 Å².